The molecule has 1 aliphatic carbocycles. The lowest BCUT2D eigenvalue weighted by Gasteiger charge is -2.45. The molecule has 31 heavy (non-hydrogen) atoms. The number of nitrogens with one attached hydrogen (secondary N) is 1. The topological polar surface area (TPSA) is 44.7 Å². The van der Waals surface area contributed by atoms with Crippen molar-refractivity contribution in [1.82, 2.24) is 5.43 Å². The van der Waals surface area contributed by atoms with E-state index in [0.29, 0.717) is 21.0 Å². The molecule has 2 aromatic rings. The van der Waals surface area contributed by atoms with Gasteiger partial charge in [-0.2, -0.15) is 5.10 Å². The highest BCUT2D eigenvalue weighted by atomic mass is 35.5. The summed E-state index contributed by atoms with van der Waals surface area (Å²) in [5.41, 5.74) is 6.99. The maximum absolute atomic E-state index is 12.2. The molecule has 2 fully saturated rings. The molecule has 1 N–H and O–H groups in total. The normalized spacial score (nSPS) is 18.5. The maximum atomic E-state index is 12.2. The lowest BCUT2D eigenvalue weighted by molar-refractivity contribution is 0.0955. The fourth-order valence-electron chi connectivity index (χ4n) is 4.90. The van der Waals surface area contributed by atoms with Gasteiger partial charge in [0.15, 0.2) is 0 Å². The second-order valence-electron chi connectivity index (χ2n) is 8.92. The van der Waals surface area contributed by atoms with Gasteiger partial charge in [0.05, 0.1) is 16.3 Å². The predicted molar refractivity (Wildman–Crippen MR) is 130 cm³/mol. The van der Waals surface area contributed by atoms with Gasteiger partial charge in [0, 0.05) is 24.3 Å². The van der Waals surface area contributed by atoms with E-state index in [4.69, 9.17) is 23.2 Å². The third-order valence-corrected chi connectivity index (χ3v) is 7.65. The van der Waals surface area contributed by atoms with Crippen molar-refractivity contribution in [2.75, 3.05) is 18.0 Å². The summed E-state index contributed by atoms with van der Waals surface area (Å²) in [5.74, 6) is -0.325. The van der Waals surface area contributed by atoms with Gasteiger partial charge in [0.1, 0.15) is 0 Å². The average Bonchev–Trinajstić information content (AvgIpc) is 2.78. The molecule has 1 saturated heterocycles. The summed E-state index contributed by atoms with van der Waals surface area (Å²) in [7, 11) is 0. The Morgan fingerprint density at radius 1 is 1.00 bits per heavy atom. The van der Waals surface area contributed by atoms with Crippen LogP contribution in [0.5, 0.6) is 0 Å². The molecule has 0 bridgehead atoms. The standard InChI is InChI=1S/C25H29Cl2N3O/c1-18-15-21(30-13-11-25(12-14-30)9-3-2-4-10-25)7-5-20(18)17-28-29-24(31)19-6-8-22(26)23(27)16-19/h5-8,15-17H,2-4,9-14H2,1H3,(H,29,31). The first-order chi connectivity index (χ1) is 15.0. The van der Waals surface area contributed by atoms with Gasteiger partial charge < -0.3 is 4.90 Å². The van der Waals surface area contributed by atoms with Gasteiger partial charge in [-0.25, -0.2) is 5.43 Å². The zero-order chi connectivity index (χ0) is 21.8. The molecule has 4 nitrogen and oxygen atoms in total. The van der Waals surface area contributed by atoms with Crippen molar-refractivity contribution in [2.45, 2.75) is 51.9 Å². The van der Waals surface area contributed by atoms with Gasteiger partial charge in [0.25, 0.3) is 5.91 Å². The number of carbonyl (C=O) groups is 1. The van der Waals surface area contributed by atoms with E-state index in [2.05, 4.69) is 40.5 Å². The number of piperidine rings is 1. The van der Waals surface area contributed by atoms with Crippen molar-refractivity contribution in [3.63, 3.8) is 0 Å². The smallest absolute Gasteiger partial charge is 0.271 e. The summed E-state index contributed by atoms with van der Waals surface area (Å²) >= 11 is 11.9. The second-order valence-corrected chi connectivity index (χ2v) is 9.73. The lowest BCUT2D eigenvalue weighted by atomic mass is 9.68. The minimum absolute atomic E-state index is 0.325. The molecule has 164 valence electrons. The molecule has 0 atom stereocenters. The van der Waals surface area contributed by atoms with Crippen LogP contribution < -0.4 is 10.3 Å². The van der Waals surface area contributed by atoms with E-state index >= 15 is 0 Å². The Hall–Kier alpha value is -2.04. The Morgan fingerprint density at radius 2 is 1.74 bits per heavy atom. The van der Waals surface area contributed by atoms with Crippen LogP contribution in [0.2, 0.25) is 10.0 Å². The van der Waals surface area contributed by atoms with Gasteiger partial charge in [-0.1, -0.05) is 48.5 Å². The van der Waals surface area contributed by atoms with Crippen molar-refractivity contribution in [3.8, 4) is 0 Å². The van der Waals surface area contributed by atoms with Gasteiger partial charge in [0.2, 0.25) is 0 Å². The zero-order valence-electron chi connectivity index (χ0n) is 18.0. The Balaban J connectivity index is 1.35. The highest BCUT2D eigenvalue weighted by Crippen LogP contribution is 2.45. The summed E-state index contributed by atoms with van der Waals surface area (Å²) in [4.78, 5) is 14.8. The molecule has 1 amide bonds. The van der Waals surface area contributed by atoms with Crippen LogP contribution >= 0.6 is 23.2 Å². The Kier molecular flexibility index (Phi) is 6.88. The second kappa shape index (κ2) is 9.62. The summed E-state index contributed by atoms with van der Waals surface area (Å²) in [6.07, 6.45) is 11.4. The number of aryl methyl sites for hydroxylation is 1. The Bertz CT molecular complexity index is 973. The van der Waals surface area contributed by atoms with Crippen molar-refractivity contribution in [2.24, 2.45) is 10.5 Å². The minimum Gasteiger partial charge on any atom is -0.371 e. The van der Waals surface area contributed by atoms with Gasteiger partial charge in [-0.15, -0.1) is 0 Å². The maximum Gasteiger partial charge on any atom is 0.271 e. The Labute approximate surface area is 194 Å². The fourth-order valence-corrected chi connectivity index (χ4v) is 5.20. The fraction of sp³-hybridized carbons (Fsp3) is 0.440. The quantitative estimate of drug-likeness (QED) is 0.414. The summed E-state index contributed by atoms with van der Waals surface area (Å²) < 4.78 is 0. The first-order valence-electron chi connectivity index (χ1n) is 11.1. The molecule has 1 spiro atoms. The molecular formula is C25H29Cl2N3O. The van der Waals surface area contributed by atoms with Crippen molar-refractivity contribution < 1.29 is 4.79 Å². The molecule has 0 radical (unpaired) electrons. The van der Waals surface area contributed by atoms with E-state index in [1.807, 2.05) is 0 Å². The monoisotopic (exact) mass is 457 g/mol. The predicted octanol–water partition coefficient (Wildman–Crippen LogP) is 6.62. The number of benzene rings is 2. The summed E-state index contributed by atoms with van der Waals surface area (Å²) in [6, 6.07) is 11.2. The number of amides is 1. The molecule has 2 aliphatic rings. The number of halogens is 2. The average molecular weight is 458 g/mol. The molecule has 1 saturated carbocycles. The lowest BCUT2D eigenvalue weighted by Crippen LogP contribution is -2.41. The van der Waals surface area contributed by atoms with Gasteiger partial charge in [-0.3, -0.25) is 4.79 Å². The summed E-state index contributed by atoms with van der Waals surface area (Å²) in [6.45, 7) is 4.37. The first-order valence-corrected chi connectivity index (χ1v) is 11.9. The van der Waals surface area contributed by atoms with Crippen LogP contribution in [0.25, 0.3) is 0 Å². The first kappa shape index (κ1) is 22.2. The molecule has 4 rings (SSSR count). The molecule has 2 aromatic carbocycles. The largest absolute Gasteiger partial charge is 0.371 e. The molecule has 1 heterocycles. The Morgan fingerprint density at radius 3 is 2.42 bits per heavy atom. The van der Waals surface area contributed by atoms with E-state index in [-0.39, 0.29) is 5.91 Å². The number of anilines is 1. The van der Waals surface area contributed by atoms with Crippen LogP contribution in [0.1, 0.15) is 66.4 Å². The van der Waals surface area contributed by atoms with E-state index in [0.717, 1.165) is 24.2 Å². The third-order valence-electron chi connectivity index (χ3n) is 6.91. The van der Waals surface area contributed by atoms with Crippen molar-refractivity contribution in [3.05, 3.63) is 63.1 Å². The van der Waals surface area contributed by atoms with E-state index < -0.39 is 0 Å². The molecule has 0 unspecified atom stereocenters. The third kappa shape index (κ3) is 5.24. The molecular weight excluding hydrogens is 429 g/mol. The van der Waals surface area contributed by atoms with Gasteiger partial charge >= 0.3 is 0 Å². The number of hydrogen-bond acceptors (Lipinski definition) is 3. The number of rotatable bonds is 4. The van der Waals surface area contributed by atoms with E-state index in [1.165, 1.54) is 56.7 Å². The zero-order valence-corrected chi connectivity index (χ0v) is 19.5. The van der Waals surface area contributed by atoms with Gasteiger partial charge in [-0.05, 0) is 79.5 Å². The number of carbonyl (C=O) groups excluding carboxylic acids is 1. The van der Waals surface area contributed by atoms with E-state index in [9.17, 15) is 4.79 Å². The van der Waals surface area contributed by atoms with Crippen molar-refractivity contribution >= 4 is 41.0 Å². The van der Waals surface area contributed by atoms with E-state index in [1.54, 1.807) is 18.3 Å². The molecule has 0 aromatic heterocycles. The van der Waals surface area contributed by atoms with Crippen LogP contribution in [0.3, 0.4) is 0 Å². The van der Waals surface area contributed by atoms with Crippen LogP contribution in [0, 0.1) is 12.3 Å². The van der Waals surface area contributed by atoms with Crippen molar-refractivity contribution in [1.29, 1.82) is 0 Å². The molecule has 6 heteroatoms. The van der Waals surface area contributed by atoms with Crippen LogP contribution in [-0.2, 0) is 0 Å². The SMILES string of the molecule is Cc1cc(N2CCC3(CCCCC3)CC2)ccc1C=NNC(=O)c1ccc(Cl)c(Cl)c1. The van der Waals surface area contributed by atoms with Crippen LogP contribution in [0.4, 0.5) is 5.69 Å². The summed E-state index contributed by atoms with van der Waals surface area (Å²) in [5, 5.41) is 4.88. The van der Waals surface area contributed by atoms with Crippen LogP contribution in [-0.4, -0.2) is 25.2 Å². The highest BCUT2D eigenvalue weighted by Gasteiger charge is 2.35. The minimum atomic E-state index is -0.325. The number of hydrazone groups is 1. The van der Waals surface area contributed by atoms with Crippen LogP contribution in [0.15, 0.2) is 41.5 Å². The molecule has 1 aliphatic heterocycles. The number of nitrogens with zero attached hydrogens (tertiary/aromatic N) is 2. The highest BCUT2D eigenvalue weighted by molar-refractivity contribution is 6.42. The number of hydrogen-bond donors (Lipinski definition) is 1.